The third kappa shape index (κ3) is 4.57. The van der Waals surface area contributed by atoms with E-state index in [0.29, 0.717) is 0 Å². The number of ether oxygens (including phenoxy) is 1. The summed E-state index contributed by atoms with van der Waals surface area (Å²) in [6, 6.07) is 5.43. The molecule has 6 heteroatoms. The zero-order valence-corrected chi connectivity index (χ0v) is 11.0. The molecule has 1 amide bonds. The lowest BCUT2D eigenvalue weighted by molar-refractivity contribution is -0.135. The van der Waals surface area contributed by atoms with E-state index in [1.807, 2.05) is 0 Å². The van der Waals surface area contributed by atoms with Crippen LogP contribution in [0.4, 0.5) is 14.9 Å². The highest BCUT2D eigenvalue weighted by Gasteiger charge is 2.26. The molecule has 1 rings (SSSR count). The van der Waals surface area contributed by atoms with Crippen LogP contribution < -0.4 is 4.90 Å². The van der Waals surface area contributed by atoms with Gasteiger partial charge in [-0.25, -0.2) is 9.18 Å². The van der Waals surface area contributed by atoms with E-state index in [-0.39, 0.29) is 5.69 Å². The van der Waals surface area contributed by atoms with E-state index < -0.39 is 30.0 Å². The van der Waals surface area contributed by atoms with Crippen LogP contribution in [0, 0.1) is 5.82 Å². The molecule has 0 unspecified atom stereocenters. The maximum Gasteiger partial charge on any atom is 0.415 e. The largest absolute Gasteiger partial charge is 0.480 e. The minimum atomic E-state index is -1.26. The number of hydrogen-bond acceptors (Lipinski definition) is 3. The van der Waals surface area contributed by atoms with Crippen molar-refractivity contribution in [2.24, 2.45) is 0 Å². The van der Waals surface area contributed by atoms with Crippen molar-refractivity contribution in [3.05, 3.63) is 30.1 Å². The molecule has 0 aromatic heterocycles. The van der Waals surface area contributed by atoms with Crippen molar-refractivity contribution in [2.45, 2.75) is 26.4 Å². The lowest BCUT2D eigenvalue weighted by Crippen LogP contribution is -2.40. The van der Waals surface area contributed by atoms with Crippen molar-refractivity contribution in [1.29, 1.82) is 0 Å². The highest BCUT2D eigenvalue weighted by molar-refractivity contribution is 5.93. The smallest absolute Gasteiger partial charge is 0.415 e. The Morgan fingerprint density at radius 2 is 1.89 bits per heavy atom. The minimum Gasteiger partial charge on any atom is -0.480 e. The van der Waals surface area contributed by atoms with E-state index in [9.17, 15) is 14.0 Å². The first-order valence-corrected chi connectivity index (χ1v) is 5.67. The topological polar surface area (TPSA) is 66.8 Å². The molecule has 0 fully saturated rings. The SMILES string of the molecule is CC(C)(C)OC(=O)N(CC(=O)O)c1ccccc1F. The van der Waals surface area contributed by atoms with Crippen molar-refractivity contribution in [3.8, 4) is 0 Å². The van der Waals surface area contributed by atoms with Crippen molar-refractivity contribution >= 4 is 17.7 Å². The highest BCUT2D eigenvalue weighted by Crippen LogP contribution is 2.21. The minimum absolute atomic E-state index is 0.126. The van der Waals surface area contributed by atoms with Crippen molar-refractivity contribution in [3.63, 3.8) is 0 Å². The lowest BCUT2D eigenvalue weighted by Gasteiger charge is -2.26. The average Bonchev–Trinajstić information content (AvgIpc) is 2.24. The Hall–Kier alpha value is -2.11. The number of nitrogens with zero attached hydrogens (tertiary/aromatic N) is 1. The third-order valence-corrected chi connectivity index (χ3v) is 2.05. The van der Waals surface area contributed by atoms with Crippen LogP contribution in [-0.4, -0.2) is 29.3 Å². The number of amides is 1. The number of carbonyl (C=O) groups excluding carboxylic acids is 1. The molecule has 0 bridgehead atoms. The summed E-state index contributed by atoms with van der Waals surface area (Å²) in [5.41, 5.74) is -0.918. The standard InChI is InChI=1S/C13H16FNO4/c1-13(2,3)19-12(18)15(8-11(16)17)10-7-5-4-6-9(10)14/h4-7H,8H2,1-3H3,(H,16,17). The molecule has 0 aliphatic rings. The number of carboxylic acids is 1. The normalized spacial score (nSPS) is 10.9. The van der Waals surface area contributed by atoms with Crippen LogP contribution in [0.3, 0.4) is 0 Å². The van der Waals surface area contributed by atoms with Gasteiger partial charge in [0.05, 0.1) is 5.69 Å². The molecule has 0 radical (unpaired) electrons. The second-order valence-corrected chi connectivity index (χ2v) is 4.91. The molecule has 0 saturated heterocycles. The predicted molar refractivity (Wildman–Crippen MR) is 67.6 cm³/mol. The van der Waals surface area contributed by atoms with E-state index in [2.05, 4.69) is 0 Å². The molecule has 104 valence electrons. The number of carboxylic acid groups (broad SMARTS) is 1. The van der Waals surface area contributed by atoms with Gasteiger partial charge >= 0.3 is 12.1 Å². The van der Waals surface area contributed by atoms with Gasteiger partial charge in [0, 0.05) is 0 Å². The van der Waals surface area contributed by atoms with Gasteiger partial charge in [-0.15, -0.1) is 0 Å². The number of benzene rings is 1. The first kappa shape index (κ1) is 14.9. The molecule has 0 atom stereocenters. The number of rotatable bonds is 3. The van der Waals surface area contributed by atoms with Gasteiger partial charge in [0.25, 0.3) is 0 Å². The predicted octanol–water partition coefficient (Wildman–Crippen LogP) is 2.65. The van der Waals surface area contributed by atoms with Gasteiger partial charge in [-0.2, -0.15) is 0 Å². The fourth-order valence-electron chi connectivity index (χ4n) is 1.37. The summed E-state index contributed by atoms with van der Waals surface area (Å²) in [4.78, 5) is 23.5. The van der Waals surface area contributed by atoms with E-state index >= 15 is 0 Å². The summed E-state index contributed by atoms with van der Waals surface area (Å²) in [6.07, 6.45) is -0.903. The van der Waals surface area contributed by atoms with E-state index in [1.54, 1.807) is 20.8 Å². The fourth-order valence-corrected chi connectivity index (χ4v) is 1.37. The van der Waals surface area contributed by atoms with Crippen LogP contribution in [0.25, 0.3) is 0 Å². The second kappa shape index (κ2) is 5.69. The number of hydrogen-bond donors (Lipinski definition) is 1. The van der Waals surface area contributed by atoms with Crippen LogP contribution in [0.5, 0.6) is 0 Å². The molecule has 1 aromatic rings. The Morgan fingerprint density at radius 1 is 1.32 bits per heavy atom. The first-order chi connectivity index (χ1) is 8.70. The van der Waals surface area contributed by atoms with Crippen molar-refractivity contribution in [1.82, 2.24) is 0 Å². The van der Waals surface area contributed by atoms with E-state index in [4.69, 9.17) is 9.84 Å². The van der Waals surface area contributed by atoms with Crippen LogP contribution in [0.15, 0.2) is 24.3 Å². The van der Waals surface area contributed by atoms with Gasteiger partial charge < -0.3 is 9.84 Å². The Bertz CT molecular complexity index is 482. The zero-order chi connectivity index (χ0) is 14.6. The molecule has 5 nitrogen and oxygen atoms in total. The first-order valence-electron chi connectivity index (χ1n) is 5.67. The van der Waals surface area contributed by atoms with Crippen LogP contribution >= 0.6 is 0 Å². The zero-order valence-electron chi connectivity index (χ0n) is 11.0. The van der Waals surface area contributed by atoms with Gasteiger partial charge in [0.15, 0.2) is 0 Å². The number of carbonyl (C=O) groups is 2. The Balaban J connectivity index is 3.05. The monoisotopic (exact) mass is 269 g/mol. The number of anilines is 1. The quantitative estimate of drug-likeness (QED) is 0.916. The molecule has 0 aliphatic heterocycles. The number of halogens is 1. The molecule has 1 aromatic carbocycles. The molecule has 1 N–H and O–H groups in total. The maximum absolute atomic E-state index is 13.6. The summed E-state index contributed by atoms with van der Waals surface area (Å²) < 4.78 is 18.7. The Morgan fingerprint density at radius 3 is 2.37 bits per heavy atom. The molecule has 0 spiro atoms. The van der Waals surface area contributed by atoms with Crippen molar-refractivity contribution in [2.75, 3.05) is 11.4 Å². The summed E-state index contributed by atoms with van der Waals surface area (Å²) in [5, 5.41) is 8.81. The summed E-state index contributed by atoms with van der Waals surface area (Å²) in [5.74, 6) is -1.94. The number of para-hydroxylation sites is 1. The van der Waals surface area contributed by atoms with E-state index in [1.165, 1.54) is 18.2 Å². The maximum atomic E-state index is 13.6. The van der Waals surface area contributed by atoms with Gasteiger partial charge in [-0.1, -0.05) is 12.1 Å². The molecule has 0 aliphatic carbocycles. The number of aliphatic carboxylic acids is 1. The average molecular weight is 269 g/mol. The van der Waals surface area contributed by atoms with Gasteiger partial charge in [-0.05, 0) is 32.9 Å². The molecule has 0 saturated carbocycles. The Labute approximate surface area is 110 Å². The van der Waals surface area contributed by atoms with Crippen LogP contribution in [0.2, 0.25) is 0 Å². The van der Waals surface area contributed by atoms with Gasteiger partial charge in [0.2, 0.25) is 0 Å². The fraction of sp³-hybridized carbons (Fsp3) is 0.385. The van der Waals surface area contributed by atoms with Crippen molar-refractivity contribution < 1.29 is 23.8 Å². The van der Waals surface area contributed by atoms with Crippen LogP contribution in [-0.2, 0) is 9.53 Å². The van der Waals surface area contributed by atoms with Crippen LogP contribution in [0.1, 0.15) is 20.8 Å². The molecule has 19 heavy (non-hydrogen) atoms. The highest BCUT2D eigenvalue weighted by atomic mass is 19.1. The molecular formula is C13H16FNO4. The third-order valence-electron chi connectivity index (χ3n) is 2.05. The summed E-state index contributed by atoms with van der Waals surface area (Å²) in [7, 11) is 0. The molecular weight excluding hydrogens is 253 g/mol. The lowest BCUT2D eigenvalue weighted by atomic mass is 10.2. The summed E-state index contributed by atoms with van der Waals surface area (Å²) in [6.45, 7) is 4.26. The van der Waals surface area contributed by atoms with Gasteiger partial charge in [0.1, 0.15) is 18.0 Å². The second-order valence-electron chi connectivity index (χ2n) is 4.91. The summed E-state index contributed by atoms with van der Waals surface area (Å²) >= 11 is 0. The van der Waals surface area contributed by atoms with E-state index in [0.717, 1.165) is 11.0 Å². The van der Waals surface area contributed by atoms with Gasteiger partial charge in [-0.3, -0.25) is 9.69 Å². The molecule has 0 heterocycles. The Kier molecular flexibility index (Phi) is 4.47.